The third kappa shape index (κ3) is 3.90. The first kappa shape index (κ1) is 19.2. The number of anilines is 1. The Morgan fingerprint density at radius 3 is 2.75 bits per heavy atom. The van der Waals surface area contributed by atoms with Crippen LogP contribution in [-0.4, -0.2) is 51.5 Å². The van der Waals surface area contributed by atoms with Crippen LogP contribution in [0.2, 0.25) is 0 Å². The number of methoxy groups -OCH3 is 1. The molecule has 0 saturated carbocycles. The molecular weight excluding hydrogens is 364 g/mol. The van der Waals surface area contributed by atoms with Gasteiger partial charge >= 0.3 is 0 Å². The number of carbonyl (C=O) groups excluding carboxylic acids is 3. The maximum atomic E-state index is 12.8. The van der Waals surface area contributed by atoms with Crippen LogP contribution in [0.25, 0.3) is 0 Å². The van der Waals surface area contributed by atoms with E-state index in [-0.39, 0.29) is 25.0 Å². The van der Waals surface area contributed by atoms with Gasteiger partial charge in [0.05, 0.1) is 19.3 Å². The van der Waals surface area contributed by atoms with Gasteiger partial charge in [-0.3, -0.25) is 14.4 Å². The molecule has 0 bridgehead atoms. The maximum Gasteiger partial charge on any atom is 0.265 e. The second-order valence-electron chi connectivity index (χ2n) is 6.01. The van der Waals surface area contributed by atoms with Crippen molar-refractivity contribution in [2.75, 3.05) is 32.2 Å². The van der Waals surface area contributed by atoms with Crippen molar-refractivity contribution < 1.29 is 28.6 Å². The first-order valence-corrected chi connectivity index (χ1v) is 8.61. The minimum absolute atomic E-state index is 0.0695. The predicted octanol–water partition coefficient (Wildman–Crippen LogP) is 1.43. The van der Waals surface area contributed by atoms with Gasteiger partial charge in [0.25, 0.3) is 11.8 Å². The molecule has 3 rings (SSSR count). The minimum Gasteiger partial charge on any atom is -0.493 e. The van der Waals surface area contributed by atoms with Crippen LogP contribution in [0.1, 0.15) is 10.4 Å². The van der Waals surface area contributed by atoms with Gasteiger partial charge in [-0.15, -0.1) is 0 Å². The Kier molecular flexibility index (Phi) is 5.78. The topological polar surface area (TPSA) is 94.2 Å². The molecule has 0 fully saturated rings. The van der Waals surface area contributed by atoms with E-state index in [1.165, 1.54) is 25.1 Å². The van der Waals surface area contributed by atoms with Gasteiger partial charge in [-0.25, -0.2) is 0 Å². The van der Waals surface area contributed by atoms with Crippen molar-refractivity contribution in [1.82, 2.24) is 5.32 Å². The second-order valence-corrected chi connectivity index (χ2v) is 6.01. The number of aldehydes is 1. The zero-order chi connectivity index (χ0) is 20.1. The van der Waals surface area contributed by atoms with Crippen molar-refractivity contribution in [3.05, 3.63) is 48.0 Å². The molecule has 0 radical (unpaired) electrons. The highest BCUT2D eigenvalue weighted by molar-refractivity contribution is 5.98. The number of benzene rings is 2. The van der Waals surface area contributed by atoms with Crippen molar-refractivity contribution in [2.45, 2.75) is 6.10 Å². The number of para-hydroxylation sites is 2. The number of nitrogens with zero attached hydrogens (tertiary/aromatic N) is 1. The molecule has 8 nitrogen and oxygen atoms in total. The average Bonchev–Trinajstić information content (AvgIpc) is 2.75. The SMILES string of the molecule is CNC(=O)[C@@H]1CN(C(=O)COc2ccc(C=O)cc2OC)c2ccccc2O1. The number of nitrogens with one attached hydrogen (secondary N) is 1. The van der Waals surface area contributed by atoms with Crippen molar-refractivity contribution in [1.29, 1.82) is 0 Å². The van der Waals surface area contributed by atoms with E-state index in [0.717, 1.165) is 0 Å². The fraction of sp³-hybridized carbons (Fsp3) is 0.250. The third-order valence-corrected chi connectivity index (χ3v) is 4.29. The second kappa shape index (κ2) is 8.43. The van der Waals surface area contributed by atoms with E-state index in [1.54, 1.807) is 36.4 Å². The average molecular weight is 384 g/mol. The van der Waals surface area contributed by atoms with Crippen LogP contribution in [-0.2, 0) is 9.59 Å². The molecule has 8 heteroatoms. The van der Waals surface area contributed by atoms with E-state index in [9.17, 15) is 14.4 Å². The predicted molar refractivity (Wildman–Crippen MR) is 101 cm³/mol. The minimum atomic E-state index is -0.815. The van der Waals surface area contributed by atoms with Crippen molar-refractivity contribution in [3.8, 4) is 17.2 Å². The van der Waals surface area contributed by atoms with E-state index < -0.39 is 6.10 Å². The highest BCUT2D eigenvalue weighted by Crippen LogP contribution is 2.33. The lowest BCUT2D eigenvalue weighted by Gasteiger charge is -2.33. The molecule has 1 N–H and O–H groups in total. The van der Waals surface area contributed by atoms with E-state index in [0.29, 0.717) is 34.8 Å². The highest BCUT2D eigenvalue weighted by Gasteiger charge is 2.33. The van der Waals surface area contributed by atoms with Crippen molar-refractivity contribution in [3.63, 3.8) is 0 Å². The Morgan fingerprint density at radius 1 is 1.25 bits per heavy atom. The van der Waals surface area contributed by atoms with Crippen LogP contribution in [0.5, 0.6) is 17.2 Å². The molecule has 1 heterocycles. The number of amides is 2. The molecule has 2 aromatic carbocycles. The first-order valence-electron chi connectivity index (χ1n) is 8.61. The fourth-order valence-electron chi connectivity index (χ4n) is 2.86. The summed E-state index contributed by atoms with van der Waals surface area (Å²) in [5, 5.41) is 2.53. The van der Waals surface area contributed by atoms with E-state index >= 15 is 0 Å². The van der Waals surface area contributed by atoms with Crippen LogP contribution in [0.4, 0.5) is 5.69 Å². The summed E-state index contributed by atoms with van der Waals surface area (Å²) >= 11 is 0. The Balaban J connectivity index is 1.78. The molecule has 2 aromatic rings. The summed E-state index contributed by atoms with van der Waals surface area (Å²) in [6, 6.07) is 11.7. The van der Waals surface area contributed by atoms with E-state index in [4.69, 9.17) is 14.2 Å². The molecule has 146 valence electrons. The zero-order valence-corrected chi connectivity index (χ0v) is 15.5. The number of fused-ring (bicyclic) bond motifs is 1. The molecule has 0 unspecified atom stereocenters. The summed E-state index contributed by atoms with van der Waals surface area (Å²) in [4.78, 5) is 37.2. The van der Waals surface area contributed by atoms with Gasteiger partial charge < -0.3 is 24.4 Å². The Labute approximate surface area is 162 Å². The number of hydrogen-bond donors (Lipinski definition) is 1. The van der Waals surface area contributed by atoms with Gasteiger partial charge in [0, 0.05) is 12.6 Å². The largest absolute Gasteiger partial charge is 0.493 e. The van der Waals surface area contributed by atoms with Gasteiger partial charge in [-0.2, -0.15) is 0 Å². The molecule has 28 heavy (non-hydrogen) atoms. The number of carbonyl (C=O) groups is 3. The molecule has 1 atom stereocenters. The summed E-state index contributed by atoms with van der Waals surface area (Å²) < 4.78 is 16.5. The maximum absolute atomic E-state index is 12.8. The summed E-state index contributed by atoms with van der Waals surface area (Å²) in [6.45, 7) is -0.203. The molecule has 0 saturated heterocycles. The molecule has 0 aliphatic carbocycles. The normalized spacial score (nSPS) is 15.1. The van der Waals surface area contributed by atoms with E-state index in [2.05, 4.69) is 5.32 Å². The molecule has 0 spiro atoms. The van der Waals surface area contributed by atoms with Crippen molar-refractivity contribution >= 4 is 23.8 Å². The summed E-state index contributed by atoms with van der Waals surface area (Å²) in [5.41, 5.74) is 1.01. The summed E-state index contributed by atoms with van der Waals surface area (Å²) in [5.74, 6) is 0.475. The number of hydrogen-bond acceptors (Lipinski definition) is 6. The molecule has 1 aliphatic heterocycles. The van der Waals surface area contributed by atoms with Crippen molar-refractivity contribution in [2.24, 2.45) is 0 Å². The molecular formula is C20H20N2O6. The lowest BCUT2D eigenvalue weighted by atomic mass is 10.1. The number of ether oxygens (including phenoxy) is 3. The lowest BCUT2D eigenvalue weighted by molar-refractivity contribution is -0.128. The Bertz CT molecular complexity index is 898. The van der Waals surface area contributed by atoms with Crippen LogP contribution < -0.4 is 24.4 Å². The summed E-state index contributed by atoms with van der Waals surface area (Å²) in [6.07, 6.45) is -0.119. The van der Waals surface area contributed by atoms with Crippen LogP contribution in [0.3, 0.4) is 0 Å². The Hall–Kier alpha value is -3.55. The van der Waals surface area contributed by atoms with Crippen LogP contribution in [0.15, 0.2) is 42.5 Å². The summed E-state index contributed by atoms with van der Waals surface area (Å²) in [7, 11) is 2.96. The number of likely N-dealkylation sites (N-methyl/N-ethyl adjacent to an activating group) is 1. The van der Waals surface area contributed by atoms with E-state index in [1.807, 2.05) is 0 Å². The van der Waals surface area contributed by atoms with Crippen LogP contribution >= 0.6 is 0 Å². The monoisotopic (exact) mass is 384 g/mol. The zero-order valence-electron chi connectivity index (χ0n) is 15.5. The van der Waals surface area contributed by atoms with Gasteiger partial charge in [0.15, 0.2) is 24.2 Å². The van der Waals surface area contributed by atoms with Gasteiger partial charge in [0.1, 0.15) is 12.0 Å². The van der Waals surface area contributed by atoms with Gasteiger partial charge in [0.2, 0.25) is 0 Å². The molecule has 0 aromatic heterocycles. The third-order valence-electron chi connectivity index (χ3n) is 4.29. The molecule has 2 amide bonds. The lowest BCUT2D eigenvalue weighted by Crippen LogP contribution is -2.51. The van der Waals surface area contributed by atoms with Crippen LogP contribution in [0, 0.1) is 0 Å². The first-order chi connectivity index (χ1) is 13.6. The van der Waals surface area contributed by atoms with Gasteiger partial charge in [-0.05, 0) is 30.3 Å². The smallest absolute Gasteiger partial charge is 0.265 e. The van der Waals surface area contributed by atoms with Gasteiger partial charge in [-0.1, -0.05) is 12.1 Å². The Morgan fingerprint density at radius 2 is 2.04 bits per heavy atom. The standard InChI is InChI=1S/C20H20N2O6/c1-21-20(25)18-10-22(14-5-3-4-6-15(14)28-18)19(24)12-27-16-8-7-13(11-23)9-17(16)26-2/h3-9,11,18H,10,12H2,1-2H3,(H,21,25)/t18-/m0/s1. The molecule has 1 aliphatic rings. The fourth-order valence-corrected chi connectivity index (χ4v) is 2.86. The number of rotatable bonds is 6. The quantitative estimate of drug-likeness (QED) is 0.757. The highest BCUT2D eigenvalue weighted by atomic mass is 16.5.